The maximum absolute atomic E-state index is 13.9. The van der Waals surface area contributed by atoms with Crippen LogP contribution >= 0.6 is 0 Å². The number of alkyl halides is 3. The number of rotatable bonds is 10. The molecule has 1 unspecified atom stereocenters. The van der Waals surface area contributed by atoms with E-state index < -0.39 is 39.8 Å². The lowest BCUT2D eigenvalue weighted by molar-refractivity contribution is -0.141. The van der Waals surface area contributed by atoms with Gasteiger partial charge in [0.2, 0.25) is 10.0 Å². The lowest BCUT2D eigenvalue weighted by Crippen LogP contribution is -2.41. The molecule has 1 amide bonds. The van der Waals surface area contributed by atoms with Crippen LogP contribution in [-0.4, -0.2) is 32.1 Å². The third kappa shape index (κ3) is 7.80. The average molecular weight is 503 g/mol. The second-order valence-electron chi connectivity index (χ2n) is 7.71. The van der Waals surface area contributed by atoms with Gasteiger partial charge in [-0.2, -0.15) is 17.9 Å². The topological polar surface area (TPSA) is 100 Å². The molecule has 0 aliphatic rings. The van der Waals surface area contributed by atoms with Crippen molar-refractivity contribution in [2.24, 2.45) is 0 Å². The second-order valence-corrected chi connectivity index (χ2v) is 9.49. The van der Waals surface area contributed by atoms with Crippen molar-refractivity contribution in [2.45, 2.75) is 39.0 Å². The van der Waals surface area contributed by atoms with E-state index in [1.807, 2.05) is 6.92 Å². The molecule has 1 atom stereocenters. The van der Waals surface area contributed by atoms with Gasteiger partial charge in [-0.25, -0.2) is 17.8 Å². The van der Waals surface area contributed by atoms with Gasteiger partial charge >= 0.3 is 6.18 Å². The maximum atomic E-state index is 13.9. The van der Waals surface area contributed by atoms with Crippen LogP contribution in [-0.2, 0) is 21.0 Å². The van der Waals surface area contributed by atoms with Crippen molar-refractivity contribution in [1.82, 2.24) is 15.0 Å². The Balaban J connectivity index is 2.39. The Labute approximate surface area is 195 Å². The van der Waals surface area contributed by atoms with Crippen LogP contribution in [0.25, 0.3) is 5.57 Å². The first-order valence-electron chi connectivity index (χ1n) is 10.3. The number of amides is 1. The molecule has 1 heterocycles. The number of benzene rings is 1. The number of anilines is 1. The number of pyridine rings is 1. The van der Waals surface area contributed by atoms with E-state index in [9.17, 15) is 30.8 Å². The minimum Gasteiger partial charge on any atom is -0.370 e. The highest BCUT2D eigenvalue weighted by atomic mass is 32.2. The van der Waals surface area contributed by atoms with E-state index in [1.54, 1.807) is 6.92 Å². The number of nitrogens with zero attached hydrogens (tertiary/aromatic N) is 1. The third-order valence-electron chi connectivity index (χ3n) is 4.61. The van der Waals surface area contributed by atoms with E-state index in [1.165, 1.54) is 12.1 Å². The number of hydrogen-bond acceptors (Lipinski definition) is 5. The zero-order valence-corrected chi connectivity index (χ0v) is 19.7. The normalized spacial score (nSPS) is 12.8. The summed E-state index contributed by atoms with van der Waals surface area (Å²) in [5.41, 5.74) is -0.785. The molecule has 0 radical (unpaired) electrons. The molecule has 0 saturated heterocycles. The first-order valence-corrected chi connectivity index (χ1v) is 12.2. The van der Waals surface area contributed by atoms with Crippen LogP contribution in [0.2, 0.25) is 0 Å². The Bertz CT molecular complexity index is 1150. The molecule has 0 aliphatic heterocycles. The van der Waals surface area contributed by atoms with Crippen molar-refractivity contribution in [3.63, 3.8) is 0 Å². The second kappa shape index (κ2) is 11.0. The Morgan fingerprint density at radius 1 is 1.21 bits per heavy atom. The number of sulfonamides is 1. The van der Waals surface area contributed by atoms with E-state index in [2.05, 4.69) is 26.9 Å². The van der Waals surface area contributed by atoms with Gasteiger partial charge in [0.25, 0.3) is 5.91 Å². The van der Waals surface area contributed by atoms with Crippen molar-refractivity contribution in [1.29, 1.82) is 0 Å². The fourth-order valence-electron chi connectivity index (χ4n) is 3.05. The Hall–Kier alpha value is -2.99. The first-order chi connectivity index (χ1) is 15.7. The fraction of sp³-hybridized carbons (Fsp3) is 0.364. The summed E-state index contributed by atoms with van der Waals surface area (Å²) in [6.45, 7) is 7.46. The van der Waals surface area contributed by atoms with Gasteiger partial charge in [-0.05, 0) is 48.7 Å². The van der Waals surface area contributed by atoms with Gasteiger partial charge in [0.05, 0.1) is 6.26 Å². The molecule has 0 saturated carbocycles. The summed E-state index contributed by atoms with van der Waals surface area (Å²) >= 11 is 0. The molecule has 0 fully saturated rings. The summed E-state index contributed by atoms with van der Waals surface area (Å²) in [6.07, 6.45) is -3.76. The summed E-state index contributed by atoms with van der Waals surface area (Å²) in [7, 11) is -3.84. The smallest absolute Gasteiger partial charge is 0.370 e. The predicted octanol–water partition coefficient (Wildman–Crippen LogP) is 4.14. The van der Waals surface area contributed by atoms with Crippen LogP contribution in [0.15, 0.2) is 36.9 Å². The highest BCUT2D eigenvalue weighted by Crippen LogP contribution is 2.31. The van der Waals surface area contributed by atoms with Gasteiger partial charge in [0.1, 0.15) is 23.5 Å². The van der Waals surface area contributed by atoms with Crippen molar-refractivity contribution in [3.8, 4) is 0 Å². The van der Waals surface area contributed by atoms with Crippen LogP contribution in [0.4, 0.5) is 23.4 Å². The van der Waals surface area contributed by atoms with E-state index in [4.69, 9.17) is 0 Å². The summed E-state index contributed by atoms with van der Waals surface area (Å²) < 4.78 is 79.2. The van der Waals surface area contributed by atoms with Gasteiger partial charge in [0, 0.05) is 17.7 Å². The third-order valence-corrected chi connectivity index (χ3v) is 5.28. The molecule has 0 spiro atoms. The van der Waals surface area contributed by atoms with Crippen molar-refractivity contribution in [3.05, 3.63) is 65.1 Å². The van der Waals surface area contributed by atoms with E-state index >= 15 is 0 Å². The van der Waals surface area contributed by atoms with Gasteiger partial charge in [-0.15, -0.1) is 0 Å². The van der Waals surface area contributed by atoms with Crippen LogP contribution in [0.3, 0.4) is 0 Å². The molecule has 0 bridgehead atoms. The summed E-state index contributed by atoms with van der Waals surface area (Å²) in [4.78, 5) is 16.5. The van der Waals surface area contributed by atoms with Gasteiger partial charge in [0.15, 0.2) is 0 Å². The Morgan fingerprint density at radius 3 is 2.44 bits per heavy atom. The molecule has 0 aliphatic carbocycles. The molecule has 7 nitrogen and oxygen atoms in total. The SMILES string of the molecule is C=C(C(=O)NC(NS(C)(=O)=O)c1cc(C)cc(F)c1)c1ccc(C(F)(F)F)nc1NCCCC. The summed E-state index contributed by atoms with van der Waals surface area (Å²) in [5.74, 6) is -1.71. The predicted molar refractivity (Wildman–Crippen MR) is 122 cm³/mol. The van der Waals surface area contributed by atoms with E-state index in [0.717, 1.165) is 30.9 Å². The monoisotopic (exact) mass is 502 g/mol. The van der Waals surface area contributed by atoms with Crippen molar-refractivity contribution in [2.75, 3.05) is 18.1 Å². The quantitative estimate of drug-likeness (QED) is 0.196. The van der Waals surface area contributed by atoms with E-state index in [-0.39, 0.29) is 22.5 Å². The van der Waals surface area contributed by atoms with Crippen LogP contribution < -0.4 is 15.4 Å². The Morgan fingerprint density at radius 2 is 1.88 bits per heavy atom. The number of aryl methyl sites for hydroxylation is 1. The first kappa shape index (κ1) is 27.3. The van der Waals surface area contributed by atoms with Gasteiger partial charge in [-0.1, -0.05) is 26.0 Å². The highest BCUT2D eigenvalue weighted by molar-refractivity contribution is 7.88. The molecule has 2 aromatic rings. The number of hydrogen-bond donors (Lipinski definition) is 3. The average Bonchev–Trinajstić information content (AvgIpc) is 2.70. The number of carbonyl (C=O) groups is 1. The summed E-state index contributed by atoms with van der Waals surface area (Å²) in [5, 5.41) is 5.20. The standard InChI is InChI=1S/C22H26F4N4O3S/c1-5-6-9-27-20-17(7-8-18(28-20)22(24,25)26)14(3)21(31)29-19(30-34(4,32)33)15-10-13(2)11-16(23)12-15/h7-8,10-12,19,30H,3,5-6,9H2,1-2,4H3,(H,27,28)(H,29,31). The number of carbonyl (C=O) groups excluding carboxylic acids is 1. The largest absolute Gasteiger partial charge is 0.433 e. The molecular weight excluding hydrogens is 476 g/mol. The molecule has 3 N–H and O–H groups in total. The Kier molecular flexibility index (Phi) is 8.78. The molecule has 186 valence electrons. The summed E-state index contributed by atoms with van der Waals surface area (Å²) in [6, 6.07) is 5.55. The molecule has 1 aromatic carbocycles. The van der Waals surface area contributed by atoms with Crippen LogP contribution in [0.5, 0.6) is 0 Å². The minimum atomic E-state index is -4.69. The van der Waals surface area contributed by atoms with Crippen molar-refractivity contribution >= 4 is 27.3 Å². The highest BCUT2D eigenvalue weighted by Gasteiger charge is 2.33. The minimum absolute atomic E-state index is 0.00938. The maximum Gasteiger partial charge on any atom is 0.433 e. The number of unbranched alkanes of at least 4 members (excludes halogenated alkanes) is 1. The lowest BCUT2D eigenvalue weighted by atomic mass is 10.1. The molecule has 34 heavy (non-hydrogen) atoms. The van der Waals surface area contributed by atoms with Crippen LogP contribution in [0, 0.1) is 12.7 Å². The zero-order chi connectivity index (χ0) is 25.7. The van der Waals surface area contributed by atoms with Gasteiger partial charge in [-0.3, -0.25) is 4.79 Å². The zero-order valence-electron chi connectivity index (χ0n) is 18.9. The number of aromatic nitrogens is 1. The number of nitrogens with one attached hydrogen (secondary N) is 3. The molecular formula is C22H26F4N4O3S. The lowest BCUT2D eigenvalue weighted by Gasteiger charge is -2.22. The van der Waals surface area contributed by atoms with Gasteiger partial charge < -0.3 is 10.6 Å². The number of halogens is 4. The fourth-order valence-corrected chi connectivity index (χ4v) is 3.67. The van der Waals surface area contributed by atoms with Crippen molar-refractivity contribution < 1.29 is 30.8 Å². The molecule has 12 heteroatoms. The molecule has 2 rings (SSSR count). The van der Waals surface area contributed by atoms with Crippen LogP contribution in [0.1, 0.15) is 48.3 Å². The van der Waals surface area contributed by atoms with E-state index in [0.29, 0.717) is 18.5 Å². The molecule has 1 aromatic heterocycles.